The summed E-state index contributed by atoms with van der Waals surface area (Å²) in [7, 11) is -2.84. The van der Waals surface area contributed by atoms with E-state index in [9.17, 15) is 8.42 Å². The smallest absolute Gasteiger partial charge is 0.152 e. The Morgan fingerprint density at radius 3 is 3.00 bits per heavy atom. The van der Waals surface area contributed by atoms with Crippen LogP contribution in [0.25, 0.3) is 0 Å². The van der Waals surface area contributed by atoms with Gasteiger partial charge in [0.25, 0.3) is 0 Å². The second-order valence-corrected chi connectivity index (χ2v) is 8.11. The molecular formula is C14H20N2O2S. The highest BCUT2D eigenvalue weighted by molar-refractivity contribution is 7.91. The predicted molar refractivity (Wildman–Crippen MR) is 77.2 cm³/mol. The fraction of sp³-hybridized carbons (Fsp3) is 0.571. The van der Waals surface area contributed by atoms with Crippen molar-refractivity contribution in [2.24, 2.45) is 0 Å². The van der Waals surface area contributed by atoms with E-state index in [1.165, 1.54) is 16.8 Å². The largest absolute Gasteiger partial charge is 0.384 e. The van der Waals surface area contributed by atoms with E-state index in [4.69, 9.17) is 0 Å². The minimum absolute atomic E-state index is 0.256. The van der Waals surface area contributed by atoms with Crippen molar-refractivity contribution in [3.8, 4) is 0 Å². The molecule has 1 unspecified atom stereocenters. The quantitative estimate of drug-likeness (QED) is 0.877. The Hall–Kier alpha value is -1.07. The van der Waals surface area contributed by atoms with Gasteiger partial charge < -0.3 is 10.6 Å². The summed E-state index contributed by atoms with van der Waals surface area (Å²) in [5.74, 6) is 0.567. The van der Waals surface area contributed by atoms with Gasteiger partial charge in [-0.05, 0) is 37.0 Å². The molecule has 0 radical (unpaired) electrons. The summed E-state index contributed by atoms with van der Waals surface area (Å²) in [6.07, 6.45) is 1.79. The van der Waals surface area contributed by atoms with Gasteiger partial charge in [-0.25, -0.2) is 8.42 Å². The Bertz CT molecular complexity index is 597. The molecule has 0 saturated carbocycles. The summed E-state index contributed by atoms with van der Waals surface area (Å²) < 4.78 is 23.1. The second kappa shape index (κ2) is 4.49. The van der Waals surface area contributed by atoms with Gasteiger partial charge in [-0.3, -0.25) is 0 Å². The number of rotatable bonds is 3. The van der Waals surface area contributed by atoms with E-state index in [1.807, 2.05) is 6.92 Å². The van der Waals surface area contributed by atoms with E-state index in [1.54, 1.807) is 0 Å². The third-order valence-corrected chi connectivity index (χ3v) is 6.01. The van der Waals surface area contributed by atoms with Crippen LogP contribution in [0.3, 0.4) is 0 Å². The van der Waals surface area contributed by atoms with E-state index >= 15 is 0 Å². The maximum atomic E-state index is 11.6. The molecule has 2 aliphatic rings. The molecule has 1 aromatic rings. The van der Waals surface area contributed by atoms with Crippen molar-refractivity contribution in [2.45, 2.75) is 31.8 Å². The van der Waals surface area contributed by atoms with Gasteiger partial charge in [-0.2, -0.15) is 0 Å². The first kappa shape index (κ1) is 12.9. The summed E-state index contributed by atoms with van der Waals surface area (Å²) in [5, 5.41) is 6.76. The van der Waals surface area contributed by atoms with Gasteiger partial charge in [0.05, 0.1) is 11.5 Å². The number of hydrogen-bond acceptors (Lipinski definition) is 4. The van der Waals surface area contributed by atoms with Gasteiger partial charge in [-0.15, -0.1) is 0 Å². The highest BCUT2D eigenvalue weighted by Gasteiger charge is 2.37. The van der Waals surface area contributed by atoms with Gasteiger partial charge in [0.15, 0.2) is 9.84 Å². The molecule has 0 bridgehead atoms. The molecule has 0 aromatic heterocycles. The molecule has 19 heavy (non-hydrogen) atoms. The van der Waals surface area contributed by atoms with Gasteiger partial charge >= 0.3 is 0 Å². The molecule has 5 heteroatoms. The lowest BCUT2D eigenvalue weighted by atomic mass is 10.0. The van der Waals surface area contributed by atoms with Crippen molar-refractivity contribution >= 4 is 15.5 Å². The predicted octanol–water partition coefficient (Wildman–Crippen LogP) is 1.32. The Kier molecular flexibility index (Phi) is 3.06. The Morgan fingerprint density at radius 1 is 1.42 bits per heavy atom. The van der Waals surface area contributed by atoms with Crippen LogP contribution in [0.2, 0.25) is 0 Å². The molecule has 1 atom stereocenters. The normalized spacial score (nSPS) is 28.1. The molecule has 2 N–H and O–H groups in total. The fourth-order valence-corrected chi connectivity index (χ4v) is 5.06. The lowest BCUT2D eigenvalue weighted by Crippen LogP contribution is -2.42. The van der Waals surface area contributed by atoms with Crippen molar-refractivity contribution < 1.29 is 8.42 Å². The number of nitrogens with one attached hydrogen (secondary N) is 2. The molecule has 0 amide bonds. The van der Waals surface area contributed by atoms with Crippen molar-refractivity contribution in [3.05, 3.63) is 29.3 Å². The van der Waals surface area contributed by atoms with Crippen LogP contribution < -0.4 is 10.6 Å². The lowest BCUT2D eigenvalue weighted by molar-refractivity contribution is 0.395. The SMILES string of the molecule is CC1(NCc2ccc3c(c2)CCN3)CCS(=O)(=O)C1. The summed E-state index contributed by atoms with van der Waals surface area (Å²) in [4.78, 5) is 0. The monoisotopic (exact) mass is 280 g/mol. The first-order valence-electron chi connectivity index (χ1n) is 6.77. The van der Waals surface area contributed by atoms with Crippen LogP contribution in [-0.4, -0.2) is 32.0 Å². The van der Waals surface area contributed by atoms with Crippen LogP contribution in [0.15, 0.2) is 18.2 Å². The Morgan fingerprint density at radius 2 is 2.26 bits per heavy atom. The average Bonchev–Trinajstić information content (AvgIpc) is 2.91. The van der Waals surface area contributed by atoms with Crippen LogP contribution in [0.5, 0.6) is 0 Å². The van der Waals surface area contributed by atoms with Crippen LogP contribution >= 0.6 is 0 Å². The molecule has 3 rings (SSSR count). The molecule has 1 aromatic carbocycles. The summed E-state index contributed by atoms with van der Waals surface area (Å²) in [6, 6.07) is 6.44. The van der Waals surface area contributed by atoms with Crippen LogP contribution in [0, 0.1) is 0 Å². The molecule has 2 aliphatic heterocycles. The van der Waals surface area contributed by atoms with Crippen molar-refractivity contribution in [2.75, 3.05) is 23.4 Å². The third kappa shape index (κ3) is 2.77. The number of anilines is 1. The van der Waals surface area contributed by atoms with E-state index in [0.717, 1.165) is 19.5 Å². The van der Waals surface area contributed by atoms with Gasteiger partial charge in [0.2, 0.25) is 0 Å². The van der Waals surface area contributed by atoms with Gasteiger partial charge in [0, 0.05) is 24.3 Å². The summed E-state index contributed by atoms with van der Waals surface area (Å²) in [6.45, 7) is 3.76. The van der Waals surface area contributed by atoms with Crippen LogP contribution in [0.1, 0.15) is 24.5 Å². The Labute approximate surface area is 114 Å². The average molecular weight is 280 g/mol. The minimum Gasteiger partial charge on any atom is -0.384 e. The van der Waals surface area contributed by atoms with Crippen molar-refractivity contribution in [3.63, 3.8) is 0 Å². The molecule has 1 saturated heterocycles. The molecule has 0 spiro atoms. The van der Waals surface area contributed by atoms with E-state index < -0.39 is 9.84 Å². The number of benzene rings is 1. The lowest BCUT2D eigenvalue weighted by Gasteiger charge is -2.24. The molecule has 104 valence electrons. The highest BCUT2D eigenvalue weighted by Crippen LogP contribution is 2.25. The van der Waals surface area contributed by atoms with Crippen LogP contribution in [-0.2, 0) is 22.8 Å². The fourth-order valence-electron chi connectivity index (χ4n) is 2.93. The highest BCUT2D eigenvalue weighted by atomic mass is 32.2. The number of hydrogen-bond donors (Lipinski definition) is 2. The first-order chi connectivity index (χ1) is 8.96. The zero-order valence-electron chi connectivity index (χ0n) is 11.2. The molecule has 0 aliphatic carbocycles. The summed E-state index contributed by atoms with van der Waals surface area (Å²) in [5.41, 5.74) is 3.56. The van der Waals surface area contributed by atoms with E-state index in [2.05, 4.69) is 28.8 Å². The first-order valence-corrected chi connectivity index (χ1v) is 8.59. The Balaban J connectivity index is 1.67. The second-order valence-electron chi connectivity index (χ2n) is 5.92. The zero-order chi connectivity index (χ0) is 13.5. The van der Waals surface area contributed by atoms with E-state index in [0.29, 0.717) is 12.2 Å². The van der Waals surface area contributed by atoms with Gasteiger partial charge in [0.1, 0.15) is 0 Å². The zero-order valence-corrected chi connectivity index (χ0v) is 12.0. The summed E-state index contributed by atoms with van der Waals surface area (Å²) >= 11 is 0. The van der Waals surface area contributed by atoms with Crippen molar-refractivity contribution in [1.29, 1.82) is 0 Å². The van der Waals surface area contributed by atoms with Crippen molar-refractivity contribution in [1.82, 2.24) is 5.32 Å². The number of fused-ring (bicyclic) bond motifs is 1. The van der Waals surface area contributed by atoms with Crippen LogP contribution in [0.4, 0.5) is 5.69 Å². The van der Waals surface area contributed by atoms with E-state index in [-0.39, 0.29) is 11.3 Å². The third-order valence-electron chi connectivity index (χ3n) is 4.10. The molecule has 2 heterocycles. The minimum atomic E-state index is -2.84. The van der Waals surface area contributed by atoms with Gasteiger partial charge in [-0.1, -0.05) is 12.1 Å². The topological polar surface area (TPSA) is 58.2 Å². The maximum Gasteiger partial charge on any atom is 0.152 e. The maximum absolute atomic E-state index is 11.6. The molecule has 4 nitrogen and oxygen atoms in total. The standard InChI is InChI=1S/C14H20N2O2S/c1-14(5-7-19(17,18)10-14)16-9-11-2-3-13-12(8-11)4-6-15-13/h2-3,8,15-16H,4-7,9-10H2,1H3. The number of sulfone groups is 1. The molecule has 1 fully saturated rings. The molecular weight excluding hydrogens is 260 g/mol.